The molecule has 2 aromatic heterocycles. The lowest BCUT2D eigenvalue weighted by molar-refractivity contribution is -0.137. The van der Waals surface area contributed by atoms with Gasteiger partial charge in [0.15, 0.2) is 0 Å². The maximum Gasteiger partial charge on any atom is 0.303 e. The molecule has 0 fully saturated rings. The Balaban J connectivity index is 1.51. The van der Waals surface area contributed by atoms with Crippen LogP contribution < -0.4 is 4.74 Å². The maximum absolute atomic E-state index is 11.3. The Morgan fingerprint density at radius 1 is 1.03 bits per heavy atom. The molecule has 0 amide bonds. The summed E-state index contributed by atoms with van der Waals surface area (Å²) in [6.07, 6.45) is 3.11. The van der Waals surface area contributed by atoms with E-state index in [1.807, 2.05) is 67.6 Å². The number of ether oxygens (including phenoxy) is 1. The summed E-state index contributed by atoms with van der Waals surface area (Å²) in [7, 11) is 0. The van der Waals surface area contributed by atoms with E-state index in [1.54, 1.807) is 6.26 Å². The molecule has 2 N–H and O–H groups in total. The van der Waals surface area contributed by atoms with Gasteiger partial charge in [0.2, 0.25) is 0 Å². The van der Waals surface area contributed by atoms with Gasteiger partial charge in [0.25, 0.3) is 0 Å². The van der Waals surface area contributed by atoms with Crippen LogP contribution in [-0.4, -0.2) is 27.8 Å². The van der Waals surface area contributed by atoms with Gasteiger partial charge < -0.3 is 19.4 Å². The molecule has 2 heterocycles. The summed E-state index contributed by atoms with van der Waals surface area (Å²) in [5.41, 5.74) is 3.34. The van der Waals surface area contributed by atoms with E-state index >= 15 is 0 Å². The SMILES string of the molecule is Cc1nc(-c2ccc(-c3ccco3)cc2)c(C(O)c2ccccc2OCCCCCC(=O)O)s1. The van der Waals surface area contributed by atoms with E-state index in [0.29, 0.717) is 24.3 Å². The highest BCUT2D eigenvalue weighted by molar-refractivity contribution is 7.12. The number of aromatic nitrogens is 1. The zero-order valence-electron chi connectivity index (χ0n) is 18.9. The molecule has 7 heteroatoms. The van der Waals surface area contributed by atoms with Gasteiger partial charge in [-0.05, 0) is 44.4 Å². The molecule has 0 aliphatic rings. The van der Waals surface area contributed by atoms with Gasteiger partial charge >= 0.3 is 5.97 Å². The van der Waals surface area contributed by atoms with Crippen LogP contribution in [0.2, 0.25) is 0 Å². The number of aliphatic hydroxyl groups is 1. The summed E-state index contributed by atoms with van der Waals surface area (Å²) in [5.74, 6) is 0.648. The average Bonchev–Trinajstić information content (AvgIpc) is 3.51. The summed E-state index contributed by atoms with van der Waals surface area (Å²) in [6.45, 7) is 2.40. The number of aliphatic carboxylic acids is 1. The van der Waals surface area contributed by atoms with E-state index in [0.717, 1.165) is 45.3 Å². The first-order chi connectivity index (χ1) is 16.5. The highest BCUT2D eigenvalue weighted by Crippen LogP contribution is 2.39. The first kappa shape index (κ1) is 23.7. The van der Waals surface area contributed by atoms with Gasteiger partial charge in [-0.1, -0.05) is 42.5 Å². The molecular formula is C27H27NO5S. The Morgan fingerprint density at radius 3 is 2.53 bits per heavy atom. The molecular weight excluding hydrogens is 450 g/mol. The van der Waals surface area contributed by atoms with Crippen molar-refractivity contribution in [2.45, 2.75) is 38.7 Å². The Labute approximate surface area is 202 Å². The van der Waals surface area contributed by atoms with Crippen LogP contribution in [0.25, 0.3) is 22.6 Å². The van der Waals surface area contributed by atoms with Crippen LogP contribution in [0.1, 0.15) is 47.2 Å². The molecule has 1 unspecified atom stereocenters. The average molecular weight is 478 g/mol. The van der Waals surface area contributed by atoms with Crippen LogP contribution in [0.15, 0.2) is 71.3 Å². The van der Waals surface area contributed by atoms with Crippen molar-refractivity contribution in [1.82, 2.24) is 4.98 Å². The van der Waals surface area contributed by atoms with Gasteiger partial charge in [-0.2, -0.15) is 0 Å². The summed E-state index contributed by atoms with van der Waals surface area (Å²) in [6, 6.07) is 19.2. The number of hydrogen-bond acceptors (Lipinski definition) is 6. The normalized spacial score (nSPS) is 11.9. The quantitative estimate of drug-likeness (QED) is 0.240. The number of unbranched alkanes of at least 4 members (excludes halogenated alkanes) is 2. The second kappa shape index (κ2) is 11.1. The van der Waals surface area contributed by atoms with E-state index in [2.05, 4.69) is 0 Å². The van der Waals surface area contributed by atoms with Crippen molar-refractivity contribution in [1.29, 1.82) is 0 Å². The number of carbonyl (C=O) groups is 1. The Kier molecular flexibility index (Phi) is 7.77. The summed E-state index contributed by atoms with van der Waals surface area (Å²) in [5, 5.41) is 21.0. The predicted molar refractivity (Wildman–Crippen MR) is 132 cm³/mol. The molecule has 34 heavy (non-hydrogen) atoms. The number of aryl methyl sites for hydroxylation is 1. The number of thiazole rings is 1. The topological polar surface area (TPSA) is 92.8 Å². The van der Waals surface area contributed by atoms with Crippen LogP contribution in [-0.2, 0) is 4.79 Å². The number of benzene rings is 2. The summed E-state index contributed by atoms with van der Waals surface area (Å²) < 4.78 is 11.4. The fourth-order valence-electron chi connectivity index (χ4n) is 3.79. The number of carboxylic acids is 1. The minimum Gasteiger partial charge on any atom is -0.493 e. The Morgan fingerprint density at radius 2 is 1.79 bits per heavy atom. The Bertz CT molecular complexity index is 1210. The van der Waals surface area contributed by atoms with Gasteiger partial charge in [0, 0.05) is 23.1 Å². The molecule has 6 nitrogen and oxygen atoms in total. The minimum absolute atomic E-state index is 0.172. The van der Waals surface area contributed by atoms with Crippen molar-refractivity contribution < 1.29 is 24.2 Å². The van der Waals surface area contributed by atoms with E-state index < -0.39 is 12.1 Å². The van der Waals surface area contributed by atoms with Crippen molar-refractivity contribution in [3.63, 3.8) is 0 Å². The fourth-order valence-corrected chi connectivity index (χ4v) is 4.74. The van der Waals surface area contributed by atoms with Crippen LogP contribution in [0.3, 0.4) is 0 Å². The third kappa shape index (κ3) is 5.73. The number of rotatable bonds is 11. The first-order valence-corrected chi connectivity index (χ1v) is 12.1. The van der Waals surface area contributed by atoms with Crippen molar-refractivity contribution >= 4 is 17.3 Å². The smallest absolute Gasteiger partial charge is 0.303 e. The Hall–Kier alpha value is -3.42. The molecule has 0 spiro atoms. The molecule has 0 aliphatic heterocycles. The highest BCUT2D eigenvalue weighted by Gasteiger charge is 2.23. The van der Waals surface area contributed by atoms with E-state index in [9.17, 15) is 9.90 Å². The fraction of sp³-hybridized carbons (Fsp3) is 0.259. The van der Waals surface area contributed by atoms with Gasteiger partial charge in [0.05, 0.1) is 28.4 Å². The second-order valence-corrected chi connectivity index (χ2v) is 9.23. The van der Waals surface area contributed by atoms with Gasteiger partial charge in [-0.3, -0.25) is 4.79 Å². The summed E-state index contributed by atoms with van der Waals surface area (Å²) in [4.78, 5) is 16.1. The molecule has 176 valence electrons. The molecule has 4 aromatic rings. The molecule has 0 saturated heterocycles. The number of furan rings is 1. The molecule has 0 saturated carbocycles. The van der Waals surface area contributed by atoms with Gasteiger partial charge in [0.1, 0.15) is 17.6 Å². The standard InChI is InChI=1S/C27H27NO5S/c1-18-28-25(20-14-12-19(13-15-20)22-10-7-17-32-22)27(34-18)26(31)21-8-4-5-9-23(21)33-16-6-2-3-11-24(29)30/h4-5,7-10,12-15,17,26,31H,2-3,6,11,16H2,1H3,(H,29,30). The molecule has 0 aliphatic carbocycles. The second-order valence-electron chi connectivity index (χ2n) is 7.99. The number of carboxylic acid groups (broad SMARTS) is 1. The van der Waals surface area contributed by atoms with Crippen molar-refractivity contribution in [2.75, 3.05) is 6.61 Å². The van der Waals surface area contributed by atoms with E-state index in [1.165, 1.54) is 11.3 Å². The molecule has 0 radical (unpaired) electrons. The highest BCUT2D eigenvalue weighted by atomic mass is 32.1. The number of aliphatic hydroxyl groups excluding tert-OH is 1. The minimum atomic E-state index is -0.880. The molecule has 2 aromatic carbocycles. The third-order valence-corrected chi connectivity index (χ3v) is 6.50. The summed E-state index contributed by atoms with van der Waals surface area (Å²) >= 11 is 1.47. The maximum atomic E-state index is 11.3. The zero-order chi connectivity index (χ0) is 23.9. The van der Waals surface area contributed by atoms with Crippen LogP contribution in [0.5, 0.6) is 5.75 Å². The van der Waals surface area contributed by atoms with Gasteiger partial charge in [-0.25, -0.2) is 4.98 Å². The largest absolute Gasteiger partial charge is 0.493 e. The van der Waals surface area contributed by atoms with Crippen molar-refractivity contribution in [2.24, 2.45) is 0 Å². The lowest BCUT2D eigenvalue weighted by Gasteiger charge is -2.16. The molecule has 1 atom stereocenters. The molecule has 0 bridgehead atoms. The zero-order valence-corrected chi connectivity index (χ0v) is 19.8. The van der Waals surface area contributed by atoms with Crippen LogP contribution >= 0.6 is 11.3 Å². The monoisotopic (exact) mass is 477 g/mol. The lowest BCUT2D eigenvalue weighted by atomic mass is 10.0. The predicted octanol–water partition coefficient (Wildman–Crippen LogP) is 6.48. The molecule has 4 rings (SSSR count). The van der Waals surface area contributed by atoms with Crippen LogP contribution in [0.4, 0.5) is 0 Å². The van der Waals surface area contributed by atoms with Gasteiger partial charge in [-0.15, -0.1) is 11.3 Å². The number of hydrogen-bond donors (Lipinski definition) is 2. The van der Waals surface area contributed by atoms with Crippen LogP contribution in [0, 0.1) is 6.92 Å². The number of para-hydroxylation sites is 1. The third-order valence-electron chi connectivity index (χ3n) is 5.48. The van der Waals surface area contributed by atoms with Crippen molar-refractivity contribution in [3.8, 4) is 28.3 Å². The van der Waals surface area contributed by atoms with E-state index in [4.69, 9.17) is 19.2 Å². The first-order valence-electron chi connectivity index (χ1n) is 11.3. The van der Waals surface area contributed by atoms with E-state index in [-0.39, 0.29) is 6.42 Å². The number of nitrogens with zero attached hydrogens (tertiary/aromatic N) is 1. The van der Waals surface area contributed by atoms with Crippen molar-refractivity contribution in [3.05, 3.63) is 82.4 Å². The lowest BCUT2D eigenvalue weighted by Crippen LogP contribution is -2.05.